The molecule has 82 heavy (non-hydrogen) atoms. The summed E-state index contributed by atoms with van der Waals surface area (Å²) in [7, 11) is 0. The Morgan fingerprint density at radius 3 is 0.585 bits per heavy atom. The van der Waals surface area contributed by atoms with E-state index in [1.54, 1.807) is 0 Å². The second-order valence-electron chi connectivity index (χ2n) is 25.2. The highest BCUT2D eigenvalue weighted by atomic mass is 16.5. The number of rotatable bonds is 66. The zero-order valence-electron chi connectivity index (χ0n) is 54.8. The number of hydrogen-bond donors (Lipinski definition) is 10. The molecule has 496 valence electrons. The summed E-state index contributed by atoms with van der Waals surface area (Å²) in [6.45, 7) is 7.32. The molecule has 10 N–H and O–H groups in total. The van der Waals surface area contributed by atoms with Gasteiger partial charge in [0.05, 0.1) is 26.4 Å². The molecular formula is C70H144O12. The standard InChI is InChI=1S/C36H74O6.C34H70O6/c1-3-5-7-9-11-13-15-17-19-21-23-25-27-29-36(41,34(40)32-38)35(33(39)31-37)42-30-28-26-24-22-20-18-16-14-12-10-8-6-4-2;1-3-5-7-9-11-13-15-17-19-21-23-25-27-34(39,32(38)30-36)33(31(37)29-35)40-28-26-24-22-20-18-16-14-12-10-8-6-4-2/h33-35,37-41H,3-32H2,1-2H3;31-33,35-39H,3-30H2,1-2H3/t33-,34-,35-,36-;31-,32-,33-,34-/m11/s1. The molecule has 0 fully saturated rings. The average molecular weight is 1180 g/mol. The predicted molar refractivity (Wildman–Crippen MR) is 345 cm³/mol. The van der Waals surface area contributed by atoms with Crippen molar-refractivity contribution in [2.75, 3.05) is 39.6 Å². The van der Waals surface area contributed by atoms with E-state index < -0.39 is 74.3 Å². The van der Waals surface area contributed by atoms with Crippen molar-refractivity contribution in [3.05, 3.63) is 0 Å². The van der Waals surface area contributed by atoms with Crippen molar-refractivity contribution in [3.63, 3.8) is 0 Å². The Morgan fingerprint density at radius 2 is 0.415 bits per heavy atom. The second kappa shape index (κ2) is 63.5. The third-order valence-electron chi connectivity index (χ3n) is 17.5. The number of ether oxygens (including phenoxy) is 2. The minimum atomic E-state index is -1.80. The van der Waals surface area contributed by atoms with Crippen LogP contribution in [-0.2, 0) is 9.47 Å². The van der Waals surface area contributed by atoms with Crippen LogP contribution >= 0.6 is 0 Å². The van der Waals surface area contributed by atoms with Gasteiger partial charge in [-0.3, -0.25) is 0 Å². The van der Waals surface area contributed by atoms with Crippen molar-refractivity contribution in [2.45, 2.75) is 409 Å². The van der Waals surface area contributed by atoms with E-state index in [0.717, 1.165) is 77.0 Å². The topological polar surface area (TPSA) is 221 Å². The van der Waals surface area contributed by atoms with Crippen molar-refractivity contribution in [3.8, 4) is 0 Å². The fourth-order valence-electron chi connectivity index (χ4n) is 11.8. The second-order valence-corrected chi connectivity index (χ2v) is 25.2. The number of unbranched alkanes of at least 4 members (excludes halogenated alkanes) is 46. The van der Waals surface area contributed by atoms with Crippen LogP contribution in [0, 0.1) is 0 Å². The van der Waals surface area contributed by atoms with Crippen molar-refractivity contribution < 1.29 is 60.5 Å². The average Bonchev–Trinajstić information content (AvgIpc) is 3.69. The predicted octanol–water partition coefficient (Wildman–Crippen LogP) is 16.0. The van der Waals surface area contributed by atoms with E-state index in [1.807, 2.05) is 0 Å². The van der Waals surface area contributed by atoms with Crippen LogP contribution in [0.3, 0.4) is 0 Å². The highest BCUT2D eigenvalue weighted by Gasteiger charge is 2.48. The molecule has 12 heteroatoms. The van der Waals surface area contributed by atoms with Crippen LogP contribution in [0.4, 0.5) is 0 Å². The van der Waals surface area contributed by atoms with Gasteiger partial charge in [0.15, 0.2) is 0 Å². The molecule has 0 spiro atoms. The highest BCUT2D eigenvalue weighted by molar-refractivity contribution is 4.98. The maximum atomic E-state index is 11.4. The van der Waals surface area contributed by atoms with Crippen molar-refractivity contribution in [1.82, 2.24) is 0 Å². The molecule has 0 aliphatic rings. The van der Waals surface area contributed by atoms with E-state index in [0.29, 0.717) is 26.1 Å². The Kier molecular flexibility index (Phi) is 64.8. The van der Waals surface area contributed by atoms with Crippen LogP contribution in [0.25, 0.3) is 0 Å². The van der Waals surface area contributed by atoms with E-state index in [1.165, 1.54) is 231 Å². The van der Waals surface area contributed by atoms with E-state index in [-0.39, 0.29) is 12.8 Å². The summed E-state index contributed by atoms with van der Waals surface area (Å²) in [6.07, 6.45) is 53.7. The maximum absolute atomic E-state index is 11.4. The van der Waals surface area contributed by atoms with Gasteiger partial charge in [0.1, 0.15) is 47.8 Å². The molecule has 0 heterocycles. The lowest BCUT2D eigenvalue weighted by molar-refractivity contribution is -0.212. The van der Waals surface area contributed by atoms with Gasteiger partial charge in [-0.05, 0) is 25.7 Å². The molecule has 12 nitrogen and oxygen atoms in total. The summed E-state index contributed by atoms with van der Waals surface area (Å²) in [4.78, 5) is 0. The van der Waals surface area contributed by atoms with Gasteiger partial charge in [-0.1, -0.05) is 336 Å². The van der Waals surface area contributed by atoms with Crippen molar-refractivity contribution >= 4 is 0 Å². The van der Waals surface area contributed by atoms with E-state index in [4.69, 9.17) is 9.47 Å². The lowest BCUT2D eigenvalue weighted by Gasteiger charge is -2.41. The first-order valence-corrected chi connectivity index (χ1v) is 35.8. The van der Waals surface area contributed by atoms with Crippen molar-refractivity contribution in [2.24, 2.45) is 0 Å². The third-order valence-corrected chi connectivity index (χ3v) is 17.5. The monoisotopic (exact) mass is 1180 g/mol. The Balaban J connectivity index is 0. The smallest absolute Gasteiger partial charge is 0.121 e. The zero-order chi connectivity index (χ0) is 60.9. The van der Waals surface area contributed by atoms with E-state index in [9.17, 15) is 51.1 Å². The molecule has 0 aromatic carbocycles. The van der Waals surface area contributed by atoms with Crippen LogP contribution in [0.15, 0.2) is 0 Å². The van der Waals surface area contributed by atoms with Gasteiger partial charge in [-0.15, -0.1) is 0 Å². The van der Waals surface area contributed by atoms with Gasteiger partial charge >= 0.3 is 0 Å². The number of aliphatic hydroxyl groups excluding tert-OH is 8. The van der Waals surface area contributed by atoms with Gasteiger partial charge in [-0.25, -0.2) is 0 Å². The lowest BCUT2D eigenvalue weighted by atomic mass is 9.82. The molecule has 0 aromatic rings. The molecule has 0 radical (unpaired) electrons. The van der Waals surface area contributed by atoms with Gasteiger partial charge in [0.2, 0.25) is 0 Å². The molecule has 0 amide bonds. The molecule has 0 saturated heterocycles. The quantitative estimate of drug-likeness (QED) is 0.0257. The van der Waals surface area contributed by atoms with Crippen LogP contribution < -0.4 is 0 Å². The molecule has 0 bridgehead atoms. The molecule has 0 unspecified atom stereocenters. The van der Waals surface area contributed by atoms with Crippen LogP contribution in [0.2, 0.25) is 0 Å². The summed E-state index contributed by atoms with van der Waals surface area (Å²) in [5.41, 5.74) is -3.60. The summed E-state index contributed by atoms with van der Waals surface area (Å²) in [6, 6.07) is 0. The first-order chi connectivity index (χ1) is 39.9. The molecule has 0 aliphatic carbocycles. The summed E-state index contributed by atoms with van der Waals surface area (Å²) in [5.74, 6) is 0. The minimum Gasteiger partial charge on any atom is -0.394 e. The Bertz CT molecular complexity index is 1220. The molecule has 0 aromatic heterocycles. The number of aliphatic hydroxyl groups is 10. The fraction of sp³-hybridized carbons (Fsp3) is 1.00. The first-order valence-electron chi connectivity index (χ1n) is 35.8. The molecule has 0 aliphatic heterocycles. The van der Waals surface area contributed by atoms with Gasteiger partial charge in [0.25, 0.3) is 0 Å². The summed E-state index contributed by atoms with van der Waals surface area (Å²) < 4.78 is 11.8. The third kappa shape index (κ3) is 47.6. The van der Waals surface area contributed by atoms with Crippen LogP contribution in [0.5, 0.6) is 0 Å². The summed E-state index contributed by atoms with van der Waals surface area (Å²) >= 11 is 0. The fourth-order valence-corrected chi connectivity index (χ4v) is 11.8. The van der Waals surface area contributed by atoms with Crippen molar-refractivity contribution in [1.29, 1.82) is 0 Å². The molecule has 0 saturated carbocycles. The molecule has 8 atom stereocenters. The number of hydrogen-bond acceptors (Lipinski definition) is 12. The Hall–Kier alpha value is -0.480. The van der Waals surface area contributed by atoms with E-state index >= 15 is 0 Å². The zero-order valence-corrected chi connectivity index (χ0v) is 54.8. The van der Waals surface area contributed by atoms with Crippen LogP contribution in [-0.4, -0.2) is 139 Å². The highest BCUT2D eigenvalue weighted by Crippen LogP contribution is 2.31. The largest absolute Gasteiger partial charge is 0.394 e. The van der Waals surface area contributed by atoms with Gasteiger partial charge in [0, 0.05) is 13.2 Å². The maximum Gasteiger partial charge on any atom is 0.121 e. The SMILES string of the molecule is CCCCCCCCCCCCCCCO[C@H]([C@H](O)CO)[C@@](O)(CCCCCCCCCCCCCCC)[C@H](O)CO.CCCCCCCCCCCCCCO[C@H]([C@H](O)CO)[C@@](O)(CCCCCCCCCCCCCC)[C@H](O)CO. The first kappa shape index (κ1) is 83.6. The Morgan fingerprint density at radius 1 is 0.244 bits per heavy atom. The van der Waals surface area contributed by atoms with Gasteiger partial charge < -0.3 is 60.5 Å². The van der Waals surface area contributed by atoms with Gasteiger partial charge in [-0.2, -0.15) is 0 Å². The summed E-state index contributed by atoms with van der Waals surface area (Å²) in [5, 5.41) is 103. The van der Waals surface area contributed by atoms with E-state index in [2.05, 4.69) is 27.7 Å². The Labute approximate surface area is 507 Å². The molecule has 0 rings (SSSR count). The van der Waals surface area contributed by atoms with Crippen LogP contribution in [0.1, 0.15) is 362 Å². The molecular weight excluding hydrogens is 1030 g/mol. The minimum absolute atomic E-state index is 0.215. The lowest BCUT2D eigenvalue weighted by Crippen LogP contribution is -2.59. The normalized spacial score (nSPS) is 15.6.